The third-order valence-electron chi connectivity index (χ3n) is 7.35. The number of fused-ring (bicyclic) bond motifs is 2. The molecule has 0 fully saturated rings. The summed E-state index contributed by atoms with van der Waals surface area (Å²) < 4.78 is 48.7. The molecule has 0 saturated heterocycles. The lowest BCUT2D eigenvalue weighted by Gasteiger charge is -2.20. The number of nitrogens with one attached hydrogen (secondary N) is 1. The van der Waals surface area contributed by atoms with E-state index >= 15 is 0 Å². The Hall–Kier alpha value is -4.11. The van der Waals surface area contributed by atoms with E-state index in [0.717, 1.165) is 42.9 Å². The number of ether oxygens (including phenoxy) is 1. The number of halogens is 4. The van der Waals surface area contributed by atoms with E-state index in [1.807, 2.05) is 0 Å². The topological polar surface area (TPSA) is 77.4 Å². The molecule has 3 aromatic carbocycles. The van der Waals surface area contributed by atoms with Crippen LogP contribution in [-0.2, 0) is 35.8 Å². The highest BCUT2D eigenvalue weighted by Crippen LogP contribution is 2.39. The fourth-order valence-electron chi connectivity index (χ4n) is 5.42. The van der Waals surface area contributed by atoms with Crippen molar-refractivity contribution in [1.82, 2.24) is 9.88 Å². The highest BCUT2D eigenvalue weighted by Gasteiger charge is 2.29. The van der Waals surface area contributed by atoms with Crippen molar-refractivity contribution < 1.29 is 27.5 Å². The van der Waals surface area contributed by atoms with Crippen LogP contribution in [0.2, 0.25) is 5.02 Å². The first-order valence-corrected chi connectivity index (χ1v) is 12.9. The first-order chi connectivity index (χ1) is 19.1. The number of hydrogen-bond donors (Lipinski definition) is 1. The van der Waals surface area contributed by atoms with Crippen LogP contribution in [0.3, 0.4) is 0 Å². The predicted molar refractivity (Wildman–Crippen MR) is 145 cm³/mol. The van der Waals surface area contributed by atoms with Gasteiger partial charge in [0.05, 0.1) is 23.2 Å². The van der Waals surface area contributed by atoms with Gasteiger partial charge in [-0.1, -0.05) is 29.8 Å². The number of methoxy groups -OCH3 is 1. The lowest BCUT2D eigenvalue weighted by Crippen LogP contribution is -2.43. The van der Waals surface area contributed by atoms with Crippen molar-refractivity contribution in [2.24, 2.45) is 7.05 Å². The molecule has 0 unspecified atom stereocenters. The maximum Gasteiger partial charge on any atom is 0.328 e. The molecule has 1 amide bonds. The van der Waals surface area contributed by atoms with Crippen LogP contribution in [0.25, 0.3) is 22.0 Å². The molecular weight excluding hydrogens is 545 g/mol. The van der Waals surface area contributed by atoms with E-state index in [1.165, 1.54) is 22.8 Å². The van der Waals surface area contributed by atoms with Gasteiger partial charge in [-0.3, -0.25) is 9.59 Å². The number of aromatic nitrogens is 1. The standard InChI is InChI=1S/C30H24ClF3N2O4/c1-36-24-12-10-16(32)14-20(24)27(31)25(29(36)38)19-11-9-15(17-5-3-6-18(17)19)13-23(30(39)40-2)35-28(37)26-21(33)7-4-8-22(26)34/h4,7-12,14,23H,3,5-6,13H2,1-2H3,(H,35,37)/t23-/m0/s1. The molecule has 0 spiro atoms. The second-order valence-corrected chi connectivity index (χ2v) is 10.0. The molecule has 206 valence electrons. The minimum Gasteiger partial charge on any atom is -0.467 e. The minimum absolute atomic E-state index is 0.00816. The lowest BCUT2D eigenvalue weighted by molar-refractivity contribution is -0.142. The highest BCUT2D eigenvalue weighted by molar-refractivity contribution is 6.38. The van der Waals surface area contributed by atoms with Crippen molar-refractivity contribution in [2.45, 2.75) is 31.7 Å². The summed E-state index contributed by atoms with van der Waals surface area (Å²) in [4.78, 5) is 38.8. The maximum atomic E-state index is 14.2. The molecule has 0 radical (unpaired) electrons. The van der Waals surface area contributed by atoms with E-state index < -0.39 is 40.9 Å². The Morgan fingerprint density at radius 3 is 2.45 bits per heavy atom. The van der Waals surface area contributed by atoms with Crippen LogP contribution in [-0.4, -0.2) is 29.6 Å². The van der Waals surface area contributed by atoms with Gasteiger partial charge in [-0.05, 0) is 71.8 Å². The van der Waals surface area contributed by atoms with Gasteiger partial charge in [0.25, 0.3) is 11.5 Å². The summed E-state index contributed by atoms with van der Waals surface area (Å²) in [5, 5.41) is 2.95. The third-order valence-corrected chi connectivity index (χ3v) is 7.74. The number of hydrogen-bond acceptors (Lipinski definition) is 4. The molecule has 40 heavy (non-hydrogen) atoms. The van der Waals surface area contributed by atoms with Crippen LogP contribution < -0.4 is 10.9 Å². The van der Waals surface area contributed by atoms with Crippen molar-refractivity contribution in [2.75, 3.05) is 7.11 Å². The monoisotopic (exact) mass is 568 g/mol. The van der Waals surface area contributed by atoms with Gasteiger partial charge < -0.3 is 14.6 Å². The Morgan fingerprint density at radius 1 is 1.05 bits per heavy atom. The van der Waals surface area contributed by atoms with Crippen LogP contribution in [0, 0.1) is 17.5 Å². The molecule has 6 nitrogen and oxygen atoms in total. The van der Waals surface area contributed by atoms with Crippen LogP contribution in [0.4, 0.5) is 13.2 Å². The number of esters is 1. The number of carbonyl (C=O) groups excluding carboxylic acids is 2. The van der Waals surface area contributed by atoms with E-state index in [2.05, 4.69) is 5.32 Å². The van der Waals surface area contributed by atoms with Gasteiger partial charge in [0.15, 0.2) is 0 Å². The van der Waals surface area contributed by atoms with Crippen LogP contribution in [0.1, 0.15) is 33.5 Å². The van der Waals surface area contributed by atoms with E-state index in [0.29, 0.717) is 34.9 Å². The summed E-state index contributed by atoms with van der Waals surface area (Å²) in [7, 11) is 2.75. The molecule has 0 saturated carbocycles. The first kappa shape index (κ1) is 27.5. The van der Waals surface area contributed by atoms with Crippen molar-refractivity contribution >= 4 is 34.4 Å². The van der Waals surface area contributed by atoms with Gasteiger partial charge in [0, 0.05) is 18.9 Å². The van der Waals surface area contributed by atoms with Gasteiger partial charge in [-0.25, -0.2) is 18.0 Å². The van der Waals surface area contributed by atoms with Crippen LogP contribution in [0.15, 0.2) is 53.3 Å². The second-order valence-electron chi connectivity index (χ2n) is 9.65. The molecule has 1 N–H and O–H groups in total. The van der Waals surface area contributed by atoms with Gasteiger partial charge >= 0.3 is 5.97 Å². The molecule has 1 aromatic heterocycles. The summed E-state index contributed by atoms with van der Waals surface area (Å²) in [6.45, 7) is 0. The number of rotatable bonds is 6. The number of benzene rings is 3. The summed E-state index contributed by atoms with van der Waals surface area (Å²) in [6.07, 6.45) is 2.04. The number of carbonyl (C=O) groups is 2. The Bertz CT molecular complexity index is 1730. The van der Waals surface area contributed by atoms with Gasteiger partial charge in [0.2, 0.25) is 0 Å². The van der Waals surface area contributed by atoms with Crippen molar-refractivity contribution in [3.8, 4) is 11.1 Å². The highest BCUT2D eigenvalue weighted by atomic mass is 35.5. The average Bonchev–Trinajstić information content (AvgIpc) is 3.42. The van der Waals surface area contributed by atoms with Crippen molar-refractivity contribution in [1.29, 1.82) is 0 Å². The Kier molecular flexibility index (Phi) is 7.42. The molecular formula is C30H24ClF3N2O4. The average molecular weight is 569 g/mol. The molecule has 1 atom stereocenters. The molecule has 10 heteroatoms. The zero-order valence-electron chi connectivity index (χ0n) is 21.6. The van der Waals surface area contributed by atoms with E-state index in [-0.39, 0.29) is 22.6 Å². The summed E-state index contributed by atoms with van der Waals surface area (Å²) in [5.41, 5.74) is 2.68. The molecule has 1 aliphatic rings. The van der Waals surface area contributed by atoms with E-state index in [4.69, 9.17) is 16.3 Å². The molecule has 4 aromatic rings. The first-order valence-electron chi connectivity index (χ1n) is 12.6. The largest absolute Gasteiger partial charge is 0.467 e. The summed E-state index contributed by atoms with van der Waals surface area (Å²) in [5.74, 6) is -4.46. The zero-order chi connectivity index (χ0) is 28.7. The molecule has 0 aliphatic heterocycles. The molecule has 1 heterocycles. The Morgan fingerprint density at radius 2 is 1.75 bits per heavy atom. The second kappa shape index (κ2) is 10.8. The molecule has 0 bridgehead atoms. The number of nitrogens with zero attached hydrogens (tertiary/aromatic N) is 1. The quantitative estimate of drug-likeness (QED) is 0.321. The van der Waals surface area contributed by atoms with Crippen LogP contribution >= 0.6 is 11.6 Å². The maximum absolute atomic E-state index is 14.2. The molecule has 5 rings (SSSR count). The number of pyridine rings is 1. The van der Waals surface area contributed by atoms with Crippen molar-refractivity contribution in [3.63, 3.8) is 0 Å². The molecule has 1 aliphatic carbocycles. The summed E-state index contributed by atoms with van der Waals surface area (Å²) >= 11 is 6.70. The van der Waals surface area contributed by atoms with E-state index in [1.54, 1.807) is 19.2 Å². The van der Waals surface area contributed by atoms with Gasteiger partial charge in [0.1, 0.15) is 29.1 Å². The zero-order valence-corrected chi connectivity index (χ0v) is 22.4. The Labute approximate surface area is 232 Å². The van der Waals surface area contributed by atoms with Crippen LogP contribution in [0.5, 0.6) is 0 Å². The predicted octanol–water partition coefficient (Wildman–Crippen LogP) is 5.28. The third kappa shape index (κ3) is 4.75. The SMILES string of the molecule is COC(=O)[C@H](Cc1ccc(-c2c(Cl)c3cc(F)ccc3n(C)c2=O)c2c1CCC2)NC(=O)c1c(F)cccc1F. The van der Waals surface area contributed by atoms with Crippen molar-refractivity contribution in [3.05, 3.63) is 104 Å². The normalized spacial score (nSPS) is 13.2. The summed E-state index contributed by atoms with van der Waals surface area (Å²) in [6, 6.07) is 9.32. The lowest BCUT2D eigenvalue weighted by atomic mass is 9.91. The van der Waals surface area contributed by atoms with E-state index in [9.17, 15) is 27.6 Å². The minimum atomic E-state index is -1.23. The smallest absolute Gasteiger partial charge is 0.328 e. The van der Waals surface area contributed by atoms with Gasteiger partial charge in [-0.15, -0.1) is 0 Å². The number of aryl methyl sites for hydroxylation is 1. The fraction of sp³-hybridized carbons (Fsp3) is 0.233. The number of amides is 1. The fourth-order valence-corrected chi connectivity index (χ4v) is 5.76. The Balaban J connectivity index is 1.55. The van der Waals surface area contributed by atoms with Gasteiger partial charge in [-0.2, -0.15) is 0 Å².